The van der Waals surface area contributed by atoms with E-state index in [0.717, 1.165) is 30.7 Å². The molecular weight excluding hydrogens is 330 g/mol. The summed E-state index contributed by atoms with van der Waals surface area (Å²) in [6, 6.07) is 13.4. The Balaban J connectivity index is 1.84. The number of carbonyl (C=O) groups is 1. The molecule has 1 atom stereocenters. The minimum Gasteiger partial charge on any atom is -0.497 e. The highest BCUT2D eigenvalue weighted by molar-refractivity contribution is 5.97. The molecule has 1 amide bonds. The third kappa shape index (κ3) is 3.62. The molecule has 1 heterocycles. The molecule has 1 saturated heterocycles. The second-order valence-corrected chi connectivity index (χ2v) is 6.22. The number of benzene rings is 2. The predicted octanol–water partition coefficient (Wildman–Crippen LogP) is 4.08. The summed E-state index contributed by atoms with van der Waals surface area (Å²) < 4.78 is 16.1. The number of methoxy groups -OCH3 is 2. The van der Waals surface area contributed by atoms with Gasteiger partial charge in [0.05, 0.1) is 32.4 Å². The van der Waals surface area contributed by atoms with Crippen molar-refractivity contribution in [2.24, 2.45) is 0 Å². The second kappa shape index (κ2) is 8.13. The number of rotatable bonds is 6. The van der Waals surface area contributed by atoms with Crippen molar-refractivity contribution in [3.8, 4) is 17.2 Å². The quantitative estimate of drug-likeness (QED) is 0.783. The Morgan fingerprint density at radius 1 is 1.08 bits per heavy atom. The Bertz CT molecular complexity index is 757. The van der Waals surface area contributed by atoms with Gasteiger partial charge in [-0.3, -0.25) is 4.79 Å². The zero-order valence-corrected chi connectivity index (χ0v) is 15.5. The van der Waals surface area contributed by atoms with Crippen molar-refractivity contribution in [2.45, 2.75) is 25.8 Å². The first kappa shape index (κ1) is 18.1. The summed E-state index contributed by atoms with van der Waals surface area (Å²) in [4.78, 5) is 15.1. The zero-order valence-electron chi connectivity index (χ0n) is 15.5. The number of hydrogen-bond donors (Lipinski definition) is 0. The number of nitrogens with zero attached hydrogens (tertiary/aromatic N) is 1. The molecule has 0 bridgehead atoms. The van der Waals surface area contributed by atoms with Crippen LogP contribution in [0.2, 0.25) is 0 Å². The third-order valence-electron chi connectivity index (χ3n) is 4.73. The number of hydrogen-bond acceptors (Lipinski definition) is 4. The highest BCUT2D eigenvalue weighted by Gasteiger charge is 2.32. The minimum atomic E-state index is -0.0131. The van der Waals surface area contributed by atoms with E-state index in [4.69, 9.17) is 14.2 Å². The molecule has 1 unspecified atom stereocenters. The maximum atomic E-state index is 13.2. The average molecular weight is 355 g/mol. The van der Waals surface area contributed by atoms with E-state index < -0.39 is 0 Å². The van der Waals surface area contributed by atoms with Crippen LogP contribution in [-0.4, -0.2) is 38.2 Å². The van der Waals surface area contributed by atoms with Crippen LogP contribution in [0.4, 0.5) is 0 Å². The first-order valence-corrected chi connectivity index (χ1v) is 8.93. The summed E-state index contributed by atoms with van der Waals surface area (Å²) in [5, 5.41) is 0. The van der Waals surface area contributed by atoms with E-state index in [1.807, 2.05) is 36.1 Å². The van der Waals surface area contributed by atoms with Crippen LogP contribution in [0.5, 0.6) is 17.2 Å². The summed E-state index contributed by atoms with van der Waals surface area (Å²) in [5.74, 6) is 2.04. The van der Waals surface area contributed by atoms with Gasteiger partial charge in [-0.05, 0) is 49.6 Å². The predicted molar refractivity (Wildman–Crippen MR) is 100 cm³/mol. The van der Waals surface area contributed by atoms with Gasteiger partial charge in [0.15, 0.2) is 0 Å². The number of ether oxygens (including phenoxy) is 3. The standard InChI is InChI=1S/C21H25NO4/c1-4-26-16-9-7-15(8-10-16)19-6-5-13-22(19)21(23)18-12-11-17(24-2)14-20(18)25-3/h7-12,14,19H,4-6,13H2,1-3H3. The van der Waals surface area contributed by atoms with E-state index in [9.17, 15) is 4.79 Å². The molecule has 0 aromatic heterocycles. The minimum absolute atomic E-state index is 0.0131. The smallest absolute Gasteiger partial charge is 0.258 e. The van der Waals surface area contributed by atoms with Gasteiger partial charge in [0, 0.05) is 12.6 Å². The largest absolute Gasteiger partial charge is 0.497 e. The molecule has 0 N–H and O–H groups in total. The van der Waals surface area contributed by atoms with Gasteiger partial charge >= 0.3 is 0 Å². The van der Waals surface area contributed by atoms with Gasteiger partial charge in [-0.25, -0.2) is 0 Å². The van der Waals surface area contributed by atoms with Crippen molar-refractivity contribution in [1.29, 1.82) is 0 Å². The van der Waals surface area contributed by atoms with Gasteiger partial charge in [-0.1, -0.05) is 12.1 Å². The van der Waals surface area contributed by atoms with Crippen molar-refractivity contribution in [1.82, 2.24) is 4.90 Å². The Morgan fingerprint density at radius 2 is 1.81 bits per heavy atom. The average Bonchev–Trinajstić information content (AvgIpc) is 3.17. The van der Waals surface area contributed by atoms with Crippen molar-refractivity contribution >= 4 is 5.91 Å². The molecule has 0 spiro atoms. The van der Waals surface area contributed by atoms with Crippen LogP contribution in [0.15, 0.2) is 42.5 Å². The maximum absolute atomic E-state index is 13.2. The molecule has 2 aromatic carbocycles. The van der Waals surface area contributed by atoms with Crippen LogP contribution >= 0.6 is 0 Å². The Kier molecular flexibility index (Phi) is 5.66. The summed E-state index contributed by atoms with van der Waals surface area (Å²) >= 11 is 0. The number of amides is 1. The van der Waals surface area contributed by atoms with Crippen LogP contribution in [0.25, 0.3) is 0 Å². The van der Waals surface area contributed by atoms with Crippen LogP contribution in [-0.2, 0) is 0 Å². The van der Waals surface area contributed by atoms with Crippen LogP contribution < -0.4 is 14.2 Å². The first-order chi connectivity index (χ1) is 12.7. The van der Waals surface area contributed by atoms with E-state index in [0.29, 0.717) is 23.7 Å². The SMILES string of the molecule is CCOc1ccc(C2CCCN2C(=O)c2ccc(OC)cc2OC)cc1. The van der Waals surface area contributed by atoms with E-state index in [1.54, 1.807) is 32.4 Å². The molecule has 1 aliphatic heterocycles. The van der Waals surface area contributed by atoms with Gasteiger partial charge in [0.25, 0.3) is 5.91 Å². The molecule has 0 saturated carbocycles. The molecule has 5 heteroatoms. The lowest BCUT2D eigenvalue weighted by Crippen LogP contribution is -2.30. The molecule has 2 aromatic rings. The summed E-state index contributed by atoms with van der Waals surface area (Å²) in [6.45, 7) is 3.35. The lowest BCUT2D eigenvalue weighted by Gasteiger charge is -2.26. The second-order valence-electron chi connectivity index (χ2n) is 6.22. The Labute approximate surface area is 154 Å². The van der Waals surface area contributed by atoms with E-state index in [1.165, 1.54) is 0 Å². The van der Waals surface area contributed by atoms with Gasteiger partial charge in [0.1, 0.15) is 17.2 Å². The first-order valence-electron chi connectivity index (χ1n) is 8.93. The van der Waals surface area contributed by atoms with Crippen molar-refractivity contribution in [2.75, 3.05) is 27.4 Å². The molecule has 1 fully saturated rings. The summed E-state index contributed by atoms with van der Waals surface area (Å²) in [5.41, 5.74) is 1.69. The molecule has 138 valence electrons. The molecule has 3 rings (SSSR count). The number of carbonyl (C=O) groups excluding carboxylic acids is 1. The monoisotopic (exact) mass is 355 g/mol. The lowest BCUT2D eigenvalue weighted by atomic mass is 10.0. The van der Waals surface area contributed by atoms with Crippen LogP contribution in [0, 0.1) is 0 Å². The Hall–Kier alpha value is -2.69. The molecule has 1 aliphatic rings. The van der Waals surface area contributed by atoms with Gasteiger partial charge < -0.3 is 19.1 Å². The van der Waals surface area contributed by atoms with Gasteiger partial charge in [-0.2, -0.15) is 0 Å². The fourth-order valence-electron chi connectivity index (χ4n) is 3.44. The fraction of sp³-hybridized carbons (Fsp3) is 0.381. The maximum Gasteiger partial charge on any atom is 0.258 e. The van der Waals surface area contributed by atoms with Crippen molar-refractivity contribution in [3.05, 3.63) is 53.6 Å². The summed E-state index contributed by atoms with van der Waals surface area (Å²) in [7, 11) is 3.16. The van der Waals surface area contributed by atoms with Gasteiger partial charge in [0.2, 0.25) is 0 Å². The lowest BCUT2D eigenvalue weighted by molar-refractivity contribution is 0.0732. The van der Waals surface area contributed by atoms with Crippen LogP contribution in [0.1, 0.15) is 41.7 Å². The zero-order chi connectivity index (χ0) is 18.5. The molecule has 0 aliphatic carbocycles. The third-order valence-corrected chi connectivity index (χ3v) is 4.73. The highest BCUT2D eigenvalue weighted by atomic mass is 16.5. The molecule has 5 nitrogen and oxygen atoms in total. The van der Waals surface area contributed by atoms with Crippen molar-refractivity contribution in [3.63, 3.8) is 0 Å². The normalized spacial score (nSPS) is 16.4. The highest BCUT2D eigenvalue weighted by Crippen LogP contribution is 2.36. The van der Waals surface area contributed by atoms with E-state index >= 15 is 0 Å². The topological polar surface area (TPSA) is 48.0 Å². The van der Waals surface area contributed by atoms with Gasteiger partial charge in [-0.15, -0.1) is 0 Å². The molecule has 0 radical (unpaired) electrons. The molecule has 26 heavy (non-hydrogen) atoms. The van der Waals surface area contributed by atoms with Crippen molar-refractivity contribution < 1.29 is 19.0 Å². The number of likely N-dealkylation sites (tertiary alicyclic amines) is 1. The fourth-order valence-corrected chi connectivity index (χ4v) is 3.44. The molecular formula is C21H25NO4. The Morgan fingerprint density at radius 3 is 2.46 bits per heavy atom. The summed E-state index contributed by atoms with van der Waals surface area (Å²) in [6.07, 6.45) is 1.94. The van der Waals surface area contributed by atoms with E-state index in [2.05, 4.69) is 0 Å². The van der Waals surface area contributed by atoms with E-state index in [-0.39, 0.29) is 11.9 Å². The van der Waals surface area contributed by atoms with Crippen LogP contribution in [0.3, 0.4) is 0 Å².